The maximum Gasteiger partial charge on any atom is 0.252 e. The van der Waals surface area contributed by atoms with E-state index in [0.29, 0.717) is 36.2 Å². The predicted molar refractivity (Wildman–Crippen MR) is 100 cm³/mol. The van der Waals surface area contributed by atoms with Crippen LogP contribution >= 0.6 is 11.3 Å². The standard InChI is InChI=1S/C18H28N2O3S2/c1-2-20(16-7-4-3-5-8-16)18(21)15-10-12-19(13-11-15)25(22,23)17-9-6-14-24-17/h6,9,14-16H,2-5,7-8,10-13H2,1H3. The molecule has 2 fully saturated rings. The molecular formula is C18H28N2O3S2. The molecule has 1 amide bonds. The van der Waals surface area contributed by atoms with E-state index in [0.717, 1.165) is 19.4 Å². The third-order valence-corrected chi connectivity index (χ3v) is 8.80. The molecule has 0 atom stereocenters. The van der Waals surface area contributed by atoms with Crippen LogP contribution in [0.1, 0.15) is 51.9 Å². The molecule has 0 aromatic carbocycles. The summed E-state index contributed by atoms with van der Waals surface area (Å²) in [7, 11) is -3.39. The molecule has 2 heterocycles. The first-order chi connectivity index (χ1) is 12.0. The molecule has 25 heavy (non-hydrogen) atoms. The SMILES string of the molecule is CCN(C(=O)C1CCN(S(=O)(=O)c2cccs2)CC1)C1CCCCC1. The van der Waals surface area contributed by atoms with Crippen LogP contribution in [0.3, 0.4) is 0 Å². The molecule has 1 aliphatic carbocycles. The van der Waals surface area contributed by atoms with Crippen molar-refractivity contribution in [2.45, 2.75) is 62.1 Å². The summed E-state index contributed by atoms with van der Waals surface area (Å²) >= 11 is 1.25. The Hall–Kier alpha value is -0.920. The second-order valence-electron chi connectivity index (χ2n) is 7.03. The maximum atomic E-state index is 13.0. The molecular weight excluding hydrogens is 356 g/mol. The predicted octanol–water partition coefficient (Wildman–Crippen LogP) is 3.33. The molecule has 3 rings (SSSR count). The number of hydrogen-bond donors (Lipinski definition) is 0. The molecule has 0 spiro atoms. The van der Waals surface area contributed by atoms with E-state index in [9.17, 15) is 13.2 Å². The number of nitrogens with zero attached hydrogens (tertiary/aromatic N) is 2. The fourth-order valence-electron chi connectivity index (χ4n) is 4.10. The van der Waals surface area contributed by atoms with Crippen LogP contribution < -0.4 is 0 Å². The molecule has 0 radical (unpaired) electrons. The van der Waals surface area contributed by atoms with Gasteiger partial charge in [0.05, 0.1) is 0 Å². The van der Waals surface area contributed by atoms with Gasteiger partial charge in [-0.25, -0.2) is 8.42 Å². The van der Waals surface area contributed by atoms with Crippen molar-refractivity contribution in [3.63, 3.8) is 0 Å². The highest BCUT2D eigenvalue weighted by Crippen LogP contribution is 2.29. The van der Waals surface area contributed by atoms with Gasteiger partial charge < -0.3 is 4.90 Å². The Bertz CT molecular complexity index is 659. The van der Waals surface area contributed by atoms with Crippen LogP contribution in [0, 0.1) is 5.92 Å². The highest BCUT2D eigenvalue weighted by atomic mass is 32.2. The van der Waals surface area contributed by atoms with Crippen molar-refractivity contribution in [1.29, 1.82) is 0 Å². The van der Waals surface area contributed by atoms with Crippen LogP contribution in [0.4, 0.5) is 0 Å². The summed E-state index contributed by atoms with van der Waals surface area (Å²) in [5, 5.41) is 1.78. The van der Waals surface area contributed by atoms with Crippen molar-refractivity contribution in [2.24, 2.45) is 5.92 Å². The summed E-state index contributed by atoms with van der Waals surface area (Å²) in [5.41, 5.74) is 0. The number of piperidine rings is 1. The van der Waals surface area contributed by atoms with Crippen molar-refractivity contribution in [2.75, 3.05) is 19.6 Å². The number of amides is 1. The van der Waals surface area contributed by atoms with Gasteiger partial charge in [0, 0.05) is 31.6 Å². The van der Waals surface area contributed by atoms with Crippen LogP contribution in [-0.2, 0) is 14.8 Å². The van der Waals surface area contributed by atoms with Crippen molar-refractivity contribution < 1.29 is 13.2 Å². The number of carbonyl (C=O) groups is 1. The molecule has 1 aliphatic heterocycles. The lowest BCUT2D eigenvalue weighted by atomic mass is 9.91. The van der Waals surface area contributed by atoms with Crippen LogP contribution in [0.2, 0.25) is 0 Å². The molecule has 5 nitrogen and oxygen atoms in total. The van der Waals surface area contributed by atoms with E-state index in [1.807, 2.05) is 0 Å². The highest BCUT2D eigenvalue weighted by Gasteiger charge is 2.35. The van der Waals surface area contributed by atoms with E-state index in [1.165, 1.54) is 30.6 Å². The van der Waals surface area contributed by atoms with Crippen LogP contribution in [-0.4, -0.2) is 49.2 Å². The zero-order valence-corrected chi connectivity index (χ0v) is 16.5. The first-order valence-electron chi connectivity index (χ1n) is 9.38. The van der Waals surface area contributed by atoms with E-state index >= 15 is 0 Å². The molecule has 140 valence electrons. The van der Waals surface area contributed by atoms with Gasteiger partial charge in [0.1, 0.15) is 4.21 Å². The molecule has 1 saturated carbocycles. The van der Waals surface area contributed by atoms with Gasteiger partial charge in [-0.2, -0.15) is 4.31 Å². The van der Waals surface area contributed by atoms with Gasteiger partial charge in [-0.15, -0.1) is 11.3 Å². The molecule has 1 aromatic heterocycles. The Labute approximate surface area is 155 Å². The van der Waals surface area contributed by atoms with Crippen LogP contribution in [0.15, 0.2) is 21.7 Å². The summed E-state index contributed by atoms with van der Waals surface area (Å²) in [6.07, 6.45) is 7.20. The Kier molecular flexibility index (Phi) is 6.17. The van der Waals surface area contributed by atoms with Gasteiger partial charge in [0.2, 0.25) is 5.91 Å². The zero-order chi connectivity index (χ0) is 17.9. The Morgan fingerprint density at radius 3 is 2.44 bits per heavy atom. The molecule has 0 bridgehead atoms. The fourth-order valence-corrected chi connectivity index (χ4v) is 6.72. The Morgan fingerprint density at radius 2 is 1.88 bits per heavy atom. The second-order valence-corrected chi connectivity index (χ2v) is 10.1. The average molecular weight is 385 g/mol. The molecule has 1 aromatic rings. The minimum Gasteiger partial charge on any atom is -0.340 e. The van der Waals surface area contributed by atoms with E-state index in [1.54, 1.807) is 21.8 Å². The molecule has 2 aliphatic rings. The zero-order valence-electron chi connectivity index (χ0n) is 14.9. The van der Waals surface area contributed by atoms with E-state index in [-0.39, 0.29) is 11.8 Å². The number of thiophene rings is 1. The number of hydrogen-bond acceptors (Lipinski definition) is 4. The highest BCUT2D eigenvalue weighted by molar-refractivity contribution is 7.91. The number of carbonyl (C=O) groups excluding carboxylic acids is 1. The summed E-state index contributed by atoms with van der Waals surface area (Å²) in [5.74, 6) is 0.208. The minimum absolute atomic E-state index is 0.0309. The molecule has 0 N–H and O–H groups in total. The fraction of sp³-hybridized carbons (Fsp3) is 0.722. The van der Waals surface area contributed by atoms with Gasteiger partial charge in [-0.1, -0.05) is 25.3 Å². The topological polar surface area (TPSA) is 57.7 Å². The first kappa shape index (κ1) is 18.9. The van der Waals surface area contributed by atoms with Crippen molar-refractivity contribution in [3.8, 4) is 0 Å². The van der Waals surface area contributed by atoms with Crippen molar-refractivity contribution in [3.05, 3.63) is 17.5 Å². The van der Waals surface area contributed by atoms with Crippen molar-refractivity contribution >= 4 is 27.3 Å². The Morgan fingerprint density at radius 1 is 1.20 bits per heavy atom. The largest absolute Gasteiger partial charge is 0.340 e. The number of sulfonamides is 1. The van der Waals surface area contributed by atoms with Crippen molar-refractivity contribution in [1.82, 2.24) is 9.21 Å². The lowest BCUT2D eigenvalue weighted by molar-refractivity contribution is -0.139. The average Bonchev–Trinajstić information content (AvgIpc) is 3.19. The smallest absolute Gasteiger partial charge is 0.252 e. The van der Waals surface area contributed by atoms with Gasteiger partial charge in [-0.05, 0) is 44.1 Å². The van der Waals surface area contributed by atoms with Gasteiger partial charge in [-0.3, -0.25) is 4.79 Å². The van der Waals surface area contributed by atoms with E-state index in [4.69, 9.17) is 0 Å². The lowest BCUT2D eigenvalue weighted by Crippen LogP contribution is -2.48. The second kappa shape index (κ2) is 8.18. The Balaban J connectivity index is 1.60. The van der Waals surface area contributed by atoms with Gasteiger partial charge in [0.25, 0.3) is 10.0 Å². The van der Waals surface area contributed by atoms with Gasteiger partial charge >= 0.3 is 0 Å². The third-order valence-electron chi connectivity index (χ3n) is 5.53. The summed E-state index contributed by atoms with van der Waals surface area (Å²) in [6.45, 7) is 3.71. The summed E-state index contributed by atoms with van der Waals surface area (Å²) in [6, 6.07) is 3.80. The molecule has 1 saturated heterocycles. The summed E-state index contributed by atoms with van der Waals surface area (Å²) in [4.78, 5) is 15.0. The summed E-state index contributed by atoms with van der Waals surface area (Å²) < 4.78 is 27.1. The first-order valence-corrected chi connectivity index (χ1v) is 11.7. The lowest BCUT2D eigenvalue weighted by Gasteiger charge is -2.38. The normalized spacial score (nSPS) is 21.3. The van der Waals surface area contributed by atoms with E-state index in [2.05, 4.69) is 11.8 Å². The third kappa shape index (κ3) is 4.09. The maximum absolute atomic E-state index is 13.0. The number of rotatable bonds is 5. The van der Waals surface area contributed by atoms with E-state index < -0.39 is 10.0 Å². The van der Waals surface area contributed by atoms with Crippen LogP contribution in [0.25, 0.3) is 0 Å². The minimum atomic E-state index is -3.39. The molecule has 0 unspecified atom stereocenters. The quantitative estimate of drug-likeness (QED) is 0.782. The monoisotopic (exact) mass is 384 g/mol. The van der Waals surface area contributed by atoms with Crippen LogP contribution in [0.5, 0.6) is 0 Å². The van der Waals surface area contributed by atoms with Gasteiger partial charge in [0.15, 0.2) is 0 Å². The molecule has 7 heteroatoms.